The number of rotatable bonds is 3. The zero-order chi connectivity index (χ0) is 11.5. The number of hydrogen-bond donors (Lipinski definition) is 2. The fourth-order valence-electron chi connectivity index (χ4n) is 2.26. The molecule has 2 atom stereocenters. The molecule has 3 N–H and O–H groups in total. The van der Waals surface area contributed by atoms with Gasteiger partial charge in [0.15, 0.2) is 0 Å². The fourth-order valence-corrected chi connectivity index (χ4v) is 2.74. The Labute approximate surface area is 100 Å². The van der Waals surface area contributed by atoms with Gasteiger partial charge in [-0.25, -0.2) is 5.84 Å². The number of likely N-dealkylation sites (tertiary alicyclic amines) is 1. The van der Waals surface area contributed by atoms with Crippen molar-refractivity contribution in [2.75, 3.05) is 12.0 Å². The number of nitrogens with zero attached hydrogens (tertiary/aromatic N) is 3. The Balaban J connectivity index is 2.03. The van der Waals surface area contributed by atoms with Crippen molar-refractivity contribution in [2.45, 2.75) is 39.3 Å². The summed E-state index contributed by atoms with van der Waals surface area (Å²) < 4.78 is 3.93. The highest BCUT2D eigenvalue weighted by Gasteiger charge is 2.25. The maximum Gasteiger partial charge on any atom is 0.148 e. The molecular formula is C10H19N5S. The Morgan fingerprint density at radius 1 is 1.56 bits per heavy atom. The van der Waals surface area contributed by atoms with Crippen LogP contribution in [0.5, 0.6) is 0 Å². The molecule has 0 aliphatic carbocycles. The van der Waals surface area contributed by atoms with E-state index < -0.39 is 0 Å². The smallest absolute Gasteiger partial charge is 0.148 e. The number of hydrazine groups is 1. The number of piperidine rings is 1. The number of nitrogen functional groups attached to an aromatic ring is 1. The van der Waals surface area contributed by atoms with Crippen LogP contribution in [0, 0.1) is 5.92 Å². The Morgan fingerprint density at radius 3 is 3.12 bits per heavy atom. The summed E-state index contributed by atoms with van der Waals surface area (Å²) in [4.78, 5) is 2.46. The van der Waals surface area contributed by atoms with Gasteiger partial charge in [0.2, 0.25) is 0 Å². The molecule has 5 nitrogen and oxygen atoms in total. The Bertz CT molecular complexity index is 340. The van der Waals surface area contributed by atoms with E-state index in [2.05, 4.69) is 33.8 Å². The Kier molecular flexibility index (Phi) is 3.73. The molecule has 1 aromatic rings. The van der Waals surface area contributed by atoms with E-state index in [-0.39, 0.29) is 0 Å². The standard InChI is InChI=1S/C10H19N5S/c1-7-4-3-5-15(8(7)2)6-9-10(12-11)16-14-13-9/h7-8,12H,3-6,11H2,1-2H3. The van der Waals surface area contributed by atoms with E-state index in [0.29, 0.717) is 6.04 Å². The molecule has 1 aliphatic rings. The summed E-state index contributed by atoms with van der Waals surface area (Å²) >= 11 is 1.32. The van der Waals surface area contributed by atoms with Crippen LogP contribution < -0.4 is 11.3 Å². The van der Waals surface area contributed by atoms with Gasteiger partial charge < -0.3 is 5.43 Å². The number of hydrogen-bond acceptors (Lipinski definition) is 6. The molecule has 0 spiro atoms. The van der Waals surface area contributed by atoms with Gasteiger partial charge in [-0.2, -0.15) is 0 Å². The highest BCUT2D eigenvalue weighted by Crippen LogP contribution is 2.26. The van der Waals surface area contributed by atoms with Crippen LogP contribution in [0.25, 0.3) is 0 Å². The lowest BCUT2D eigenvalue weighted by Gasteiger charge is -2.37. The van der Waals surface area contributed by atoms with E-state index in [1.807, 2.05) is 0 Å². The van der Waals surface area contributed by atoms with E-state index in [1.54, 1.807) is 0 Å². The first-order chi connectivity index (χ1) is 7.72. The van der Waals surface area contributed by atoms with Gasteiger partial charge in [-0.3, -0.25) is 4.90 Å². The van der Waals surface area contributed by atoms with E-state index >= 15 is 0 Å². The maximum atomic E-state index is 5.42. The average Bonchev–Trinajstić information content (AvgIpc) is 2.72. The fraction of sp³-hybridized carbons (Fsp3) is 0.800. The summed E-state index contributed by atoms with van der Waals surface area (Å²) in [5.74, 6) is 6.18. The predicted molar refractivity (Wildman–Crippen MR) is 66.0 cm³/mol. The van der Waals surface area contributed by atoms with Gasteiger partial charge in [-0.05, 0) is 32.2 Å². The summed E-state index contributed by atoms with van der Waals surface area (Å²) in [6, 6.07) is 0.612. The molecule has 2 unspecified atom stereocenters. The van der Waals surface area contributed by atoms with Crippen LogP contribution in [0.15, 0.2) is 0 Å². The van der Waals surface area contributed by atoms with Gasteiger partial charge in [0.25, 0.3) is 0 Å². The minimum absolute atomic E-state index is 0.612. The van der Waals surface area contributed by atoms with Gasteiger partial charge in [-0.1, -0.05) is 11.4 Å². The highest BCUT2D eigenvalue weighted by molar-refractivity contribution is 7.10. The summed E-state index contributed by atoms with van der Waals surface area (Å²) in [6.45, 7) is 6.60. The van der Waals surface area contributed by atoms with Crippen molar-refractivity contribution < 1.29 is 0 Å². The van der Waals surface area contributed by atoms with E-state index in [1.165, 1.54) is 24.4 Å². The first-order valence-electron chi connectivity index (χ1n) is 5.74. The topological polar surface area (TPSA) is 67.1 Å². The average molecular weight is 241 g/mol. The largest absolute Gasteiger partial charge is 0.313 e. The van der Waals surface area contributed by atoms with Gasteiger partial charge >= 0.3 is 0 Å². The van der Waals surface area contributed by atoms with E-state index in [0.717, 1.165) is 29.7 Å². The third-order valence-corrected chi connectivity index (χ3v) is 4.24. The molecule has 90 valence electrons. The Hall–Kier alpha value is -0.720. The molecule has 6 heteroatoms. The predicted octanol–water partition coefficient (Wildman–Crippen LogP) is 1.44. The first kappa shape index (κ1) is 11.8. The molecule has 0 saturated carbocycles. The molecule has 1 aromatic heterocycles. The van der Waals surface area contributed by atoms with Crippen molar-refractivity contribution in [1.29, 1.82) is 0 Å². The second-order valence-corrected chi connectivity index (χ2v) is 5.28. The number of aromatic nitrogens is 2. The molecule has 2 rings (SSSR count). The first-order valence-corrected chi connectivity index (χ1v) is 6.51. The van der Waals surface area contributed by atoms with Crippen molar-refractivity contribution >= 4 is 16.5 Å². The van der Waals surface area contributed by atoms with Crippen molar-refractivity contribution in [2.24, 2.45) is 11.8 Å². The lowest BCUT2D eigenvalue weighted by Crippen LogP contribution is -2.41. The molecule has 2 heterocycles. The van der Waals surface area contributed by atoms with Crippen LogP contribution in [0.2, 0.25) is 0 Å². The number of nitrogens with one attached hydrogen (secondary N) is 1. The summed E-state index contributed by atoms with van der Waals surface area (Å²) in [7, 11) is 0. The van der Waals surface area contributed by atoms with Crippen LogP contribution in [0.4, 0.5) is 5.00 Å². The zero-order valence-electron chi connectivity index (χ0n) is 9.81. The third kappa shape index (κ3) is 2.34. The molecule has 1 aliphatic heterocycles. The van der Waals surface area contributed by atoms with Gasteiger partial charge in [0.05, 0.1) is 0 Å². The van der Waals surface area contributed by atoms with Crippen molar-refractivity contribution in [1.82, 2.24) is 14.5 Å². The van der Waals surface area contributed by atoms with Crippen molar-refractivity contribution in [3.05, 3.63) is 5.69 Å². The van der Waals surface area contributed by atoms with Gasteiger partial charge in [-0.15, -0.1) is 5.10 Å². The van der Waals surface area contributed by atoms with Crippen LogP contribution in [-0.2, 0) is 6.54 Å². The quantitative estimate of drug-likeness (QED) is 0.619. The summed E-state index contributed by atoms with van der Waals surface area (Å²) in [5.41, 5.74) is 3.62. The summed E-state index contributed by atoms with van der Waals surface area (Å²) in [5, 5.41) is 5.00. The molecule has 0 aromatic carbocycles. The van der Waals surface area contributed by atoms with Crippen molar-refractivity contribution in [3.8, 4) is 0 Å². The molecular weight excluding hydrogens is 222 g/mol. The minimum atomic E-state index is 0.612. The van der Waals surface area contributed by atoms with Crippen LogP contribution in [0.3, 0.4) is 0 Å². The molecule has 1 saturated heterocycles. The lowest BCUT2D eigenvalue weighted by molar-refractivity contribution is 0.105. The molecule has 1 fully saturated rings. The Morgan fingerprint density at radius 2 is 2.38 bits per heavy atom. The minimum Gasteiger partial charge on any atom is -0.313 e. The molecule has 0 bridgehead atoms. The number of nitrogens with two attached hydrogens (primary N) is 1. The number of anilines is 1. The maximum absolute atomic E-state index is 5.42. The summed E-state index contributed by atoms with van der Waals surface area (Å²) in [6.07, 6.45) is 2.60. The molecule has 0 radical (unpaired) electrons. The third-order valence-electron chi connectivity index (χ3n) is 3.54. The van der Waals surface area contributed by atoms with Crippen LogP contribution in [0.1, 0.15) is 32.4 Å². The van der Waals surface area contributed by atoms with Crippen LogP contribution >= 0.6 is 11.5 Å². The monoisotopic (exact) mass is 241 g/mol. The van der Waals surface area contributed by atoms with Crippen LogP contribution in [-0.4, -0.2) is 27.1 Å². The SMILES string of the molecule is CC1CCCN(Cc2nnsc2NN)C1C. The second kappa shape index (κ2) is 5.07. The lowest BCUT2D eigenvalue weighted by atomic mass is 9.92. The molecule has 0 amide bonds. The second-order valence-electron chi connectivity index (χ2n) is 4.52. The van der Waals surface area contributed by atoms with Gasteiger partial charge in [0, 0.05) is 24.1 Å². The normalized spacial score (nSPS) is 26.9. The van der Waals surface area contributed by atoms with E-state index in [9.17, 15) is 0 Å². The van der Waals surface area contributed by atoms with Gasteiger partial charge in [0.1, 0.15) is 10.7 Å². The van der Waals surface area contributed by atoms with Crippen molar-refractivity contribution in [3.63, 3.8) is 0 Å². The molecule has 16 heavy (non-hydrogen) atoms. The zero-order valence-corrected chi connectivity index (χ0v) is 10.6. The van der Waals surface area contributed by atoms with E-state index in [4.69, 9.17) is 5.84 Å². The highest BCUT2D eigenvalue weighted by atomic mass is 32.1.